The first-order valence-corrected chi connectivity index (χ1v) is 7.37. The van der Waals surface area contributed by atoms with Gasteiger partial charge in [-0.25, -0.2) is 9.38 Å². The molecule has 0 saturated heterocycles. The zero-order chi connectivity index (χ0) is 14.8. The molecule has 2 aromatic carbocycles. The van der Waals surface area contributed by atoms with Crippen LogP contribution in [0.25, 0.3) is 11.4 Å². The molecule has 0 N–H and O–H groups in total. The first-order valence-electron chi connectivity index (χ1n) is 6.22. The lowest BCUT2D eigenvalue weighted by atomic mass is 10.2. The third kappa shape index (κ3) is 3.20. The van der Waals surface area contributed by atoms with Crippen LogP contribution in [0.2, 0.25) is 5.02 Å². The van der Waals surface area contributed by atoms with Crippen molar-refractivity contribution >= 4 is 28.8 Å². The van der Waals surface area contributed by atoms with E-state index in [0.29, 0.717) is 15.5 Å². The molecule has 0 unspecified atom stereocenters. The topological polar surface area (TPSA) is 30.2 Å². The zero-order valence-electron chi connectivity index (χ0n) is 11.1. The van der Waals surface area contributed by atoms with Gasteiger partial charge in [0.2, 0.25) is 4.80 Å². The fourth-order valence-corrected chi connectivity index (χ4v) is 2.74. The van der Waals surface area contributed by atoms with Gasteiger partial charge in [-0.2, -0.15) is 4.98 Å². The summed E-state index contributed by atoms with van der Waals surface area (Å²) in [5, 5.41) is 0.688. The van der Waals surface area contributed by atoms with Gasteiger partial charge in [0, 0.05) is 17.6 Å². The van der Waals surface area contributed by atoms with Gasteiger partial charge in [-0.1, -0.05) is 11.6 Å². The first kappa shape index (κ1) is 14.0. The van der Waals surface area contributed by atoms with Gasteiger partial charge in [-0.15, -0.1) is 0 Å². The Balaban J connectivity index is 2.01. The molecule has 1 aromatic heterocycles. The van der Waals surface area contributed by atoms with E-state index in [2.05, 4.69) is 9.98 Å². The van der Waals surface area contributed by atoms with Gasteiger partial charge in [0.15, 0.2) is 5.82 Å². The van der Waals surface area contributed by atoms with Gasteiger partial charge in [0.1, 0.15) is 5.82 Å². The summed E-state index contributed by atoms with van der Waals surface area (Å²) >= 11 is 7.32. The lowest BCUT2D eigenvalue weighted by molar-refractivity contribution is 0.628. The second-order valence-corrected chi connectivity index (χ2v) is 5.93. The maximum atomic E-state index is 12.9. The summed E-state index contributed by atoms with van der Waals surface area (Å²) in [6, 6.07) is 13.5. The number of aryl methyl sites for hydroxylation is 1. The van der Waals surface area contributed by atoms with Crippen LogP contribution in [0.5, 0.6) is 0 Å². The van der Waals surface area contributed by atoms with Crippen LogP contribution in [0.15, 0.2) is 53.5 Å². The number of benzene rings is 2. The number of nitrogens with zero attached hydrogens (tertiary/aromatic N) is 3. The highest BCUT2D eigenvalue weighted by Crippen LogP contribution is 2.19. The fourth-order valence-electron chi connectivity index (χ4n) is 1.86. The van der Waals surface area contributed by atoms with Crippen LogP contribution in [-0.2, 0) is 7.05 Å². The molecule has 0 radical (unpaired) electrons. The summed E-state index contributed by atoms with van der Waals surface area (Å²) in [6.45, 7) is 0. The molecule has 0 saturated carbocycles. The number of hydrogen-bond donors (Lipinski definition) is 0. The Morgan fingerprint density at radius 3 is 2.43 bits per heavy atom. The SMILES string of the molecule is Cn1sc(=Nc2ccc(F)cc2)nc1-c1ccc(Cl)cc1. The molecule has 0 aliphatic rings. The summed E-state index contributed by atoms with van der Waals surface area (Å²) in [5.41, 5.74) is 1.65. The van der Waals surface area contributed by atoms with Crippen molar-refractivity contribution in [3.8, 4) is 11.4 Å². The molecule has 0 fully saturated rings. The molecule has 0 spiro atoms. The average molecular weight is 320 g/mol. The van der Waals surface area contributed by atoms with E-state index in [1.54, 1.807) is 12.1 Å². The summed E-state index contributed by atoms with van der Waals surface area (Å²) in [5.74, 6) is 0.540. The fraction of sp³-hybridized carbons (Fsp3) is 0.0667. The van der Waals surface area contributed by atoms with Crippen molar-refractivity contribution in [3.63, 3.8) is 0 Å². The number of aromatic nitrogens is 2. The highest BCUT2D eigenvalue weighted by atomic mass is 35.5. The van der Waals surface area contributed by atoms with Crippen molar-refractivity contribution in [1.29, 1.82) is 0 Å². The van der Waals surface area contributed by atoms with Crippen LogP contribution in [0, 0.1) is 5.82 Å². The summed E-state index contributed by atoms with van der Waals surface area (Å²) < 4.78 is 14.8. The van der Waals surface area contributed by atoms with Gasteiger partial charge in [-0.3, -0.25) is 3.96 Å². The Labute approximate surface area is 130 Å². The quantitative estimate of drug-likeness (QED) is 0.697. The van der Waals surface area contributed by atoms with Crippen molar-refractivity contribution in [3.05, 3.63) is 64.2 Å². The first-order chi connectivity index (χ1) is 10.1. The molecule has 0 amide bonds. The molecule has 3 nitrogen and oxygen atoms in total. The van der Waals surface area contributed by atoms with Crippen LogP contribution >= 0.6 is 23.1 Å². The number of rotatable bonds is 2. The summed E-state index contributed by atoms with van der Waals surface area (Å²) in [4.78, 5) is 9.53. The van der Waals surface area contributed by atoms with E-state index >= 15 is 0 Å². The van der Waals surface area contributed by atoms with Crippen molar-refractivity contribution in [2.45, 2.75) is 0 Å². The molecule has 106 valence electrons. The van der Waals surface area contributed by atoms with Crippen LogP contribution in [0.4, 0.5) is 10.1 Å². The van der Waals surface area contributed by atoms with Gasteiger partial charge in [0.05, 0.1) is 5.69 Å². The molecule has 3 rings (SSSR count). The minimum absolute atomic E-state index is 0.277. The van der Waals surface area contributed by atoms with Crippen molar-refractivity contribution in [2.75, 3.05) is 0 Å². The Morgan fingerprint density at radius 2 is 1.76 bits per heavy atom. The lowest BCUT2D eigenvalue weighted by Crippen LogP contribution is -1.96. The zero-order valence-corrected chi connectivity index (χ0v) is 12.7. The van der Waals surface area contributed by atoms with Gasteiger partial charge in [0.25, 0.3) is 0 Å². The van der Waals surface area contributed by atoms with Crippen molar-refractivity contribution in [2.24, 2.45) is 12.0 Å². The average Bonchev–Trinajstić information content (AvgIpc) is 2.83. The highest BCUT2D eigenvalue weighted by molar-refractivity contribution is 7.03. The molecule has 0 aliphatic carbocycles. The smallest absolute Gasteiger partial charge is 0.227 e. The monoisotopic (exact) mass is 319 g/mol. The predicted octanol–water partition coefficient (Wildman–Crippen LogP) is 4.17. The normalized spacial score (nSPS) is 11.9. The van der Waals surface area contributed by atoms with Gasteiger partial charge < -0.3 is 0 Å². The molecule has 6 heteroatoms. The van der Waals surface area contributed by atoms with Crippen molar-refractivity contribution < 1.29 is 4.39 Å². The molecule has 1 heterocycles. The van der Waals surface area contributed by atoms with E-state index in [9.17, 15) is 4.39 Å². The standard InChI is InChI=1S/C15H11ClFN3S/c1-20-14(10-2-4-11(16)5-3-10)19-15(21-20)18-13-8-6-12(17)7-9-13/h2-9H,1H3. The highest BCUT2D eigenvalue weighted by Gasteiger charge is 2.06. The molecular formula is C15H11ClFN3S. The molecule has 0 atom stereocenters. The third-order valence-corrected chi connectivity index (χ3v) is 3.92. The second-order valence-electron chi connectivity index (χ2n) is 4.40. The lowest BCUT2D eigenvalue weighted by Gasteiger charge is -1.99. The molecular weight excluding hydrogens is 309 g/mol. The minimum Gasteiger partial charge on any atom is -0.281 e. The number of hydrogen-bond acceptors (Lipinski definition) is 3. The van der Waals surface area contributed by atoms with Crippen LogP contribution < -0.4 is 4.80 Å². The van der Waals surface area contributed by atoms with Crippen LogP contribution in [0.3, 0.4) is 0 Å². The minimum atomic E-state index is -0.277. The van der Waals surface area contributed by atoms with Crippen LogP contribution in [-0.4, -0.2) is 8.94 Å². The van der Waals surface area contributed by atoms with Gasteiger partial charge in [-0.05, 0) is 60.1 Å². The molecule has 3 aromatic rings. The molecule has 0 aliphatic heterocycles. The summed E-state index contributed by atoms with van der Waals surface area (Å²) in [6.07, 6.45) is 0. The number of halogens is 2. The van der Waals surface area contributed by atoms with E-state index in [4.69, 9.17) is 11.6 Å². The largest absolute Gasteiger partial charge is 0.281 e. The van der Waals surface area contributed by atoms with E-state index in [-0.39, 0.29) is 5.82 Å². The maximum absolute atomic E-state index is 12.9. The Hall–Kier alpha value is -1.98. The Bertz CT molecular complexity index is 819. The van der Waals surface area contributed by atoms with E-state index < -0.39 is 0 Å². The molecule has 21 heavy (non-hydrogen) atoms. The third-order valence-electron chi connectivity index (χ3n) is 2.87. The summed E-state index contributed by atoms with van der Waals surface area (Å²) in [7, 11) is 1.92. The van der Waals surface area contributed by atoms with E-state index in [1.165, 1.54) is 23.7 Å². The Kier molecular flexibility index (Phi) is 3.86. The Morgan fingerprint density at radius 1 is 1.10 bits per heavy atom. The van der Waals surface area contributed by atoms with E-state index in [1.807, 2.05) is 35.3 Å². The molecule has 0 bridgehead atoms. The predicted molar refractivity (Wildman–Crippen MR) is 83.2 cm³/mol. The van der Waals surface area contributed by atoms with Crippen molar-refractivity contribution in [1.82, 2.24) is 8.94 Å². The second kappa shape index (κ2) is 5.79. The van der Waals surface area contributed by atoms with Gasteiger partial charge >= 0.3 is 0 Å². The maximum Gasteiger partial charge on any atom is 0.227 e. The van der Waals surface area contributed by atoms with Crippen LogP contribution in [0.1, 0.15) is 0 Å². The van der Waals surface area contributed by atoms with E-state index in [0.717, 1.165) is 11.4 Å².